The van der Waals surface area contributed by atoms with Gasteiger partial charge in [-0.15, -0.1) is 12.4 Å². The van der Waals surface area contributed by atoms with E-state index < -0.39 is 0 Å². The molecule has 0 N–H and O–H groups in total. The number of methoxy groups -OCH3 is 4. The SMILES string of the molecule is COc1cc2c(cc1OC)CCN(C(=O)CCN(C[C@H]1Cc3cc(OC)c(OC)cc31)C1CCC1)CC2.Cl. The molecule has 3 aliphatic rings. The average molecular weight is 545 g/mol. The molecular formula is C30H41ClN2O5. The van der Waals surface area contributed by atoms with Gasteiger partial charge in [-0.1, -0.05) is 6.42 Å². The number of fused-ring (bicyclic) bond motifs is 2. The summed E-state index contributed by atoms with van der Waals surface area (Å²) in [5.74, 6) is 3.86. The van der Waals surface area contributed by atoms with E-state index in [9.17, 15) is 4.79 Å². The molecule has 1 atom stereocenters. The number of amides is 1. The molecule has 0 saturated heterocycles. The highest BCUT2D eigenvalue weighted by atomic mass is 35.5. The quantitative estimate of drug-likeness (QED) is 0.434. The number of ether oxygens (including phenoxy) is 4. The zero-order valence-electron chi connectivity index (χ0n) is 23.1. The van der Waals surface area contributed by atoms with Gasteiger partial charge in [-0.05, 0) is 78.6 Å². The smallest absolute Gasteiger partial charge is 0.223 e. The van der Waals surface area contributed by atoms with Crippen molar-refractivity contribution < 1.29 is 23.7 Å². The van der Waals surface area contributed by atoms with E-state index in [1.165, 1.54) is 41.5 Å². The van der Waals surface area contributed by atoms with Gasteiger partial charge in [0.2, 0.25) is 5.91 Å². The fourth-order valence-electron chi connectivity index (χ4n) is 6.06. The number of nitrogens with zero attached hydrogens (tertiary/aromatic N) is 2. The Morgan fingerprint density at radius 3 is 1.87 bits per heavy atom. The summed E-state index contributed by atoms with van der Waals surface area (Å²) in [7, 11) is 6.71. The molecule has 5 rings (SSSR count). The molecule has 0 spiro atoms. The Morgan fingerprint density at radius 1 is 0.842 bits per heavy atom. The van der Waals surface area contributed by atoms with Crippen LogP contribution in [-0.4, -0.2) is 76.4 Å². The van der Waals surface area contributed by atoms with Crippen LogP contribution in [0.15, 0.2) is 24.3 Å². The summed E-state index contributed by atoms with van der Waals surface area (Å²) < 4.78 is 22.0. The first-order valence-corrected chi connectivity index (χ1v) is 13.5. The third kappa shape index (κ3) is 5.69. The zero-order valence-corrected chi connectivity index (χ0v) is 23.9. The molecule has 0 bridgehead atoms. The maximum absolute atomic E-state index is 13.3. The minimum atomic E-state index is 0. The molecule has 0 radical (unpaired) electrons. The van der Waals surface area contributed by atoms with Gasteiger partial charge < -0.3 is 23.8 Å². The van der Waals surface area contributed by atoms with Crippen LogP contribution in [-0.2, 0) is 24.1 Å². The number of carbonyl (C=O) groups is 1. The van der Waals surface area contributed by atoms with E-state index in [0.29, 0.717) is 18.4 Å². The first kappa shape index (κ1) is 28.4. The van der Waals surface area contributed by atoms with E-state index >= 15 is 0 Å². The summed E-state index contributed by atoms with van der Waals surface area (Å²) in [5, 5.41) is 0. The largest absolute Gasteiger partial charge is 0.493 e. The van der Waals surface area contributed by atoms with E-state index in [4.69, 9.17) is 18.9 Å². The van der Waals surface area contributed by atoms with Gasteiger partial charge in [-0.2, -0.15) is 0 Å². The Labute approximate surface area is 232 Å². The van der Waals surface area contributed by atoms with Gasteiger partial charge in [0, 0.05) is 44.6 Å². The van der Waals surface area contributed by atoms with Crippen molar-refractivity contribution in [1.29, 1.82) is 0 Å². The van der Waals surface area contributed by atoms with Crippen LogP contribution in [0.1, 0.15) is 53.9 Å². The van der Waals surface area contributed by atoms with Gasteiger partial charge in [0.25, 0.3) is 0 Å². The van der Waals surface area contributed by atoms with Gasteiger partial charge in [0.15, 0.2) is 23.0 Å². The van der Waals surface area contributed by atoms with Crippen LogP contribution in [0.4, 0.5) is 0 Å². The molecule has 208 valence electrons. The Kier molecular flexibility index (Phi) is 9.32. The summed E-state index contributed by atoms with van der Waals surface area (Å²) in [4.78, 5) is 17.9. The van der Waals surface area contributed by atoms with Gasteiger partial charge in [-0.3, -0.25) is 9.69 Å². The minimum absolute atomic E-state index is 0. The van der Waals surface area contributed by atoms with Gasteiger partial charge in [-0.25, -0.2) is 0 Å². The Balaban J connectivity index is 0.00000336. The molecule has 0 unspecified atom stereocenters. The summed E-state index contributed by atoms with van der Waals surface area (Å²) >= 11 is 0. The van der Waals surface area contributed by atoms with E-state index in [1.54, 1.807) is 28.4 Å². The summed E-state index contributed by atoms with van der Waals surface area (Å²) in [6, 6.07) is 9.00. The summed E-state index contributed by atoms with van der Waals surface area (Å²) in [6.07, 6.45) is 7.09. The second-order valence-electron chi connectivity index (χ2n) is 10.5. The van der Waals surface area contributed by atoms with Crippen LogP contribution >= 0.6 is 12.4 Å². The van der Waals surface area contributed by atoms with Crippen molar-refractivity contribution in [2.75, 3.05) is 54.6 Å². The lowest BCUT2D eigenvalue weighted by molar-refractivity contribution is -0.131. The summed E-state index contributed by atoms with van der Waals surface area (Å²) in [5.41, 5.74) is 5.22. The van der Waals surface area contributed by atoms with Crippen molar-refractivity contribution in [3.8, 4) is 23.0 Å². The van der Waals surface area contributed by atoms with Crippen molar-refractivity contribution >= 4 is 18.3 Å². The molecule has 2 aromatic rings. The number of halogens is 1. The normalized spacial score (nSPS) is 18.2. The number of hydrogen-bond acceptors (Lipinski definition) is 6. The van der Waals surface area contributed by atoms with Crippen molar-refractivity contribution in [3.05, 3.63) is 46.5 Å². The number of rotatable bonds is 10. The van der Waals surface area contributed by atoms with Crippen LogP contribution in [0.5, 0.6) is 23.0 Å². The molecule has 1 saturated carbocycles. The number of hydrogen-bond donors (Lipinski definition) is 0. The second kappa shape index (κ2) is 12.5. The maximum Gasteiger partial charge on any atom is 0.223 e. The molecule has 1 aliphatic heterocycles. The summed E-state index contributed by atoms with van der Waals surface area (Å²) in [6.45, 7) is 3.34. The lowest BCUT2D eigenvalue weighted by atomic mass is 9.76. The molecule has 38 heavy (non-hydrogen) atoms. The first-order chi connectivity index (χ1) is 18.0. The fraction of sp³-hybridized carbons (Fsp3) is 0.567. The first-order valence-electron chi connectivity index (χ1n) is 13.5. The number of benzene rings is 2. The Hall–Kier alpha value is -2.64. The highest BCUT2D eigenvalue weighted by Crippen LogP contribution is 2.43. The molecule has 0 aromatic heterocycles. The van der Waals surface area contributed by atoms with E-state index in [2.05, 4.69) is 29.2 Å². The zero-order chi connectivity index (χ0) is 25.9. The molecule has 1 amide bonds. The van der Waals surface area contributed by atoms with Crippen LogP contribution in [0.2, 0.25) is 0 Å². The molecule has 1 fully saturated rings. The third-order valence-corrected chi connectivity index (χ3v) is 8.57. The highest BCUT2D eigenvalue weighted by molar-refractivity contribution is 5.85. The van der Waals surface area contributed by atoms with Crippen molar-refractivity contribution in [3.63, 3.8) is 0 Å². The minimum Gasteiger partial charge on any atom is -0.493 e. The molecule has 8 heteroatoms. The highest BCUT2D eigenvalue weighted by Gasteiger charge is 2.34. The Morgan fingerprint density at radius 2 is 1.37 bits per heavy atom. The predicted molar refractivity (Wildman–Crippen MR) is 151 cm³/mol. The van der Waals surface area contributed by atoms with Crippen LogP contribution in [0.3, 0.4) is 0 Å². The van der Waals surface area contributed by atoms with Crippen LogP contribution in [0.25, 0.3) is 0 Å². The molecule has 1 heterocycles. The van der Waals surface area contributed by atoms with E-state index in [1.807, 2.05) is 4.90 Å². The fourth-order valence-corrected chi connectivity index (χ4v) is 6.06. The average Bonchev–Trinajstić information content (AvgIpc) is 3.09. The van der Waals surface area contributed by atoms with E-state index in [0.717, 1.165) is 68.4 Å². The topological polar surface area (TPSA) is 60.5 Å². The van der Waals surface area contributed by atoms with Crippen molar-refractivity contribution in [2.45, 2.75) is 56.9 Å². The lowest BCUT2D eigenvalue weighted by Gasteiger charge is -2.42. The van der Waals surface area contributed by atoms with Gasteiger partial charge in [0.1, 0.15) is 0 Å². The van der Waals surface area contributed by atoms with Gasteiger partial charge >= 0.3 is 0 Å². The second-order valence-corrected chi connectivity index (χ2v) is 10.5. The Bertz CT molecular complexity index is 1100. The van der Waals surface area contributed by atoms with Crippen molar-refractivity contribution in [2.24, 2.45) is 0 Å². The monoisotopic (exact) mass is 544 g/mol. The molecule has 2 aromatic carbocycles. The predicted octanol–water partition coefficient (Wildman–Crippen LogP) is 4.65. The van der Waals surface area contributed by atoms with Gasteiger partial charge in [0.05, 0.1) is 28.4 Å². The maximum atomic E-state index is 13.3. The molecular weight excluding hydrogens is 504 g/mol. The third-order valence-electron chi connectivity index (χ3n) is 8.57. The molecule has 7 nitrogen and oxygen atoms in total. The van der Waals surface area contributed by atoms with E-state index in [-0.39, 0.29) is 18.3 Å². The number of carbonyl (C=O) groups excluding carboxylic acids is 1. The standard InChI is InChI=1S/C30H40N2O5.ClH/c1-34-26-15-20-8-11-31(12-9-21(20)16-27(26)35-2)30(33)10-13-32(24-6-5-7-24)19-23-14-22-17-28(36-3)29(37-4)18-25(22)23;/h15-18,23-24H,5-14,19H2,1-4H3;1H/t23-;/m1./s1. The van der Waals surface area contributed by atoms with Crippen LogP contribution < -0.4 is 18.9 Å². The van der Waals surface area contributed by atoms with Crippen LogP contribution in [0, 0.1) is 0 Å². The lowest BCUT2D eigenvalue weighted by Crippen LogP contribution is -2.46. The van der Waals surface area contributed by atoms with Crippen molar-refractivity contribution in [1.82, 2.24) is 9.80 Å². The molecule has 2 aliphatic carbocycles.